The molecule has 0 fully saturated rings. The van der Waals surface area contributed by atoms with Gasteiger partial charge in [-0.2, -0.15) is 0 Å². The van der Waals surface area contributed by atoms with Crippen LogP contribution in [-0.2, 0) is 14.4 Å². The Labute approximate surface area is 193 Å². The van der Waals surface area contributed by atoms with Gasteiger partial charge in [0.15, 0.2) is 6.61 Å². The first-order valence-corrected chi connectivity index (χ1v) is 11.6. The van der Waals surface area contributed by atoms with Crippen LogP contribution in [0, 0.1) is 6.92 Å². The molecule has 32 heavy (non-hydrogen) atoms. The van der Waals surface area contributed by atoms with Crippen molar-refractivity contribution in [3.05, 3.63) is 59.7 Å². The summed E-state index contributed by atoms with van der Waals surface area (Å²) in [5.41, 5.74) is 2.67. The van der Waals surface area contributed by atoms with Gasteiger partial charge in [0.25, 0.3) is 5.91 Å². The van der Waals surface area contributed by atoms with E-state index in [1.54, 1.807) is 20.2 Å². The number of para-hydroxylation sites is 1. The zero-order valence-corrected chi connectivity index (χ0v) is 19.8. The Bertz CT molecular complexity index is 916. The standard InChI is InChI=1S/C24H31N3O4S/c1-5-20(19-8-6-7-9-21(19)31-14-24(30)27(3)4)26-23(29)16-32-15-22(28)25-18-12-10-17(2)11-13-18/h6-13,20H,5,14-16H2,1-4H3,(H,25,28)(H,26,29). The van der Waals surface area contributed by atoms with Gasteiger partial charge in [0, 0.05) is 25.3 Å². The van der Waals surface area contributed by atoms with Crippen molar-refractivity contribution in [2.45, 2.75) is 26.3 Å². The van der Waals surface area contributed by atoms with E-state index in [4.69, 9.17) is 4.74 Å². The summed E-state index contributed by atoms with van der Waals surface area (Å²) in [6.07, 6.45) is 0.659. The molecule has 8 heteroatoms. The van der Waals surface area contributed by atoms with Crippen LogP contribution in [0.3, 0.4) is 0 Å². The zero-order valence-electron chi connectivity index (χ0n) is 19.0. The fourth-order valence-corrected chi connectivity index (χ4v) is 3.50. The molecule has 0 bridgehead atoms. The van der Waals surface area contributed by atoms with Gasteiger partial charge in [-0.1, -0.05) is 42.8 Å². The van der Waals surface area contributed by atoms with Crippen molar-refractivity contribution in [2.24, 2.45) is 0 Å². The highest BCUT2D eigenvalue weighted by Gasteiger charge is 2.18. The van der Waals surface area contributed by atoms with Gasteiger partial charge in [-0.15, -0.1) is 11.8 Å². The molecule has 0 saturated carbocycles. The summed E-state index contributed by atoms with van der Waals surface area (Å²) in [6.45, 7) is 3.88. The lowest BCUT2D eigenvalue weighted by Gasteiger charge is -2.21. The van der Waals surface area contributed by atoms with Crippen LogP contribution < -0.4 is 15.4 Å². The molecule has 3 amide bonds. The summed E-state index contributed by atoms with van der Waals surface area (Å²) in [5.74, 6) is 0.467. The van der Waals surface area contributed by atoms with Crippen molar-refractivity contribution < 1.29 is 19.1 Å². The number of carbonyl (C=O) groups is 3. The highest BCUT2D eigenvalue weighted by Crippen LogP contribution is 2.27. The van der Waals surface area contributed by atoms with Crippen molar-refractivity contribution in [1.29, 1.82) is 0 Å². The summed E-state index contributed by atoms with van der Waals surface area (Å²) >= 11 is 1.26. The minimum Gasteiger partial charge on any atom is -0.483 e. The van der Waals surface area contributed by atoms with E-state index in [0.29, 0.717) is 12.2 Å². The maximum atomic E-state index is 12.5. The van der Waals surface area contributed by atoms with Gasteiger partial charge in [-0.3, -0.25) is 14.4 Å². The Hall–Kier alpha value is -3.00. The first-order chi connectivity index (χ1) is 15.3. The third-order valence-corrected chi connectivity index (χ3v) is 5.62. The number of hydrogen-bond acceptors (Lipinski definition) is 5. The predicted octanol–water partition coefficient (Wildman–Crippen LogP) is 3.40. The molecule has 2 aromatic carbocycles. The van der Waals surface area contributed by atoms with Crippen molar-refractivity contribution in [2.75, 3.05) is 37.5 Å². The molecule has 0 radical (unpaired) electrons. The van der Waals surface area contributed by atoms with E-state index < -0.39 is 0 Å². The molecule has 7 nitrogen and oxygen atoms in total. The van der Waals surface area contributed by atoms with E-state index in [9.17, 15) is 14.4 Å². The van der Waals surface area contributed by atoms with Crippen LogP contribution in [0.4, 0.5) is 5.69 Å². The minimum absolute atomic E-state index is 0.0691. The average molecular weight is 458 g/mol. The molecule has 0 heterocycles. The number of carbonyl (C=O) groups excluding carboxylic acids is 3. The van der Waals surface area contributed by atoms with Gasteiger partial charge in [0.2, 0.25) is 11.8 Å². The van der Waals surface area contributed by atoms with Crippen LogP contribution in [0.5, 0.6) is 5.75 Å². The van der Waals surface area contributed by atoms with Gasteiger partial charge < -0.3 is 20.3 Å². The number of amides is 3. The zero-order chi connectivity index (χ0) is 23.5. The summed E-state index contributed by atoms with van der Waals surface area (Å²) in [7, 11) is 3.34. The molecule has 172 valence electrons. The molecule has 2 rings (SSSR count). The monoisotopic (exact) mass is 457 g/mol. The van der Waals surface area contributed by atoms with Gasteiger partial charge in [0.1, 0.15) is 5.75 Å². The van der Waals surface area contributed by atoms with Gasteiger partial charge >= 0.3 is 0 Å². The number of aryl methyl sites for hydroxylation is 1. The van der Waals surface area contributed by atoms with Crippen LogP contribution in [-0.4, -0.2) is 54.8 Å². The number of hydrogen-bond donors (Lipinski definition) is 2. The maximum absolute atomic E-state index is 12.5. The first kappa shape index (κ1) is 25.3. The lowest BCUT2D eigenvalue weighted by molar-refractivity contribution is -0.130. The largest absolute Gasteiger partial charge is 0.483 e. The van der Waals surface area contributed by atoms with E-state index in [1.165, 1.54) is 16.7 Å². The molecular weight excluding hydrogens is 426 g/mol. The number of anilines is 1. The molecule has 0 aliphatic heterocycles. The van der Waals surface area contributed by atoms with Crippen LogP contribution >= 0.6 is 11.8 Å². The molecule has 1 unspecified atom stereocenters. The molecule has 1 atom stereocenters. The lowest BCUT2D eigenvalue weighted by atomic mass is 10.0. The van der Waals surface area contributed by atoms with Crippen LogP contribution in [0.2, 0.25) is 0 Å². The summed E-state index contributed by atoms with van der Waals surface area (Å²) in [5, 5.41) is 5.82. The van der Waals surface area contributed by atoms with E-state index in [-0.39, 0.29) is 41.9 Å². The molecular formula is C24H31N3O4S. The summed E-state index contributed by atoms with van der Waals surface area (Å²) in [6, 6.07) is 14.7. The topological polar surface area (TPSA) is 87.7 Å². The molecule has 0 spiro atoms. The molecule has 0 saturated heterocycles. The third-order valence-electron chi connectivity index (χ3n) is 4.69. The number of likely N-dealkylation sites (N-methyl/N-ethyl adjacent to an activating group) is 1. The third kappa shape index (κ3) is 8.26. The second kappa shape index (κ2) is 12.8. The number of thioether (sulfide) groups is 1. The first-order valence-electron chi connectivity index (χ1n) is 10.5. The highest BCUT2D eigenvalue weighted by molar-refractivity contribution is 8.00. The van der Waals surface area contributed by atoms with Crippen molar-refractivity contribution in [3.63, 3.8) is 0 Å². The summed E-state index contributed by atoms with van der Waals surface area (Å²) in [4.78, 5) is 37.9. The Balaban J connectivity index is 1.85. The molecule has 2 N–H and O–H groups in total. The smallest absolute Gasteiger partial charge is 0.259 e. The van der Waals surface area contributed by atoms with Gasteiger partial charge in [0.05, 0.1) is 17.5 Å². The van der Waals surface area contributed by atoms with Crippen molar-refractivity contribution in [3.8, 4) is 5.75 Å². The second-order valence-corrected chi connectivity index (χ2v) is 8.54. The Morgan fingerprint density at radius 3 is 2.31 bits per heavy atom. The second-order valence-electron chi connectivity index (χ2n) is 7.55. The van der Waals surface area contributed by atoms with Crippen LogP contribution in [0.1, 0.15) is 30.5 Å². The van der Waals surface area contributed by atoms with Crippen LogP contribution in [0.25, 0.3) is 0 Å². The molecule has 0 aromatic heterocycles. The SMILES string of the molecule is CCC(NC(=O)CSCC(=O)Nc1ccc(C)cc1)c1ccccc1OCC(=O)N(C)C. The van der Waals surface area contributed by atoms with Crippen molar-refractivity contribution >= 4 is 35.2 Å². The van der Waals surface area contributed by atoms with Crippen LogP contribution in [0.15, 0.2) is 48.5 Å². The fourth-order valence-electron chi connectivity index (χ4n) is 2.87. The van der Waals surface area contributed by atoms with E-state index in [1.807, 2.05) is 56.3 Å². The lowest BCUT2D eigenvalue weighted by Crippen LogP contribution is -2.31. The number of rotatable bonds is 11. The Morgan fingerprint density at radius 1 is 1.00 bits per heavy atom. The molecule has 0 aliphatic carbocycles. The van der Waals surface area contributed by atoms with Gasteiger partial charge in [-0.25, -0.2) is 0 Å². The predicted molar refractivity (Wildman–Crippen MR) is 129 cm³/mol. The van der Waals surface area contributed by atoms with E-state index >= 15 is 0 Å². The number of nitrogens with zero attached hydrogens (tertiary/aromatic N) is 1. The van der Waals surface area contributed by atoms with Crippen molar-refractivity contribution in [1.82, 2.24) is 10.2 Å². The number of ether oxygens (including phenoxy) is 1. The fraction of sp³-hybridized carbons (Fsp3) is 0.375. The average Bonchev–Trinajstić information content (AvgIpc) is 2.77. The normalized spacial score (nSPS) is 11.4. The minimum atomic E-state index is -0.254. The Kier molecular flexibility index (Phi) is 10.1. The highest BCUT2D eigenvalue weighted by atomic mass is 32.2. The maximum Gasteiger partial charge on any atom is 0.259 e. The number of benzene rings is 2. The molecule has 2 aromatic rings. The molecule has 0 aliphatic rings. The summed E-state index contributed by atoms with van der Waals surface area (Å²) < 4.78 is 5.70. The van der Waals surface area contributed by atoms with E-state index in [2.05, 4.69) is 10.6 Å². The number of nitrogens with one attached hydrogen (secondary N) is 2. The Morgan fingerprint density at radius 2 is 1.66 bits per heavy atom. The van der Waals surface area contributed by atoms with Gasteiger partial charge in [-0.05, 0) is 31.5 Å². The van der Waals surface area contributed by atoms with E-state index in [0.717, 1.165) is 16.8 Å². The quantitative estimate of drug-likeness (QED) is 0.540.